The third kappa shape index (κ3) is 6.52. The zero-order valence-electron chi connectivity index (χ0n) is 13.2. The van der Waals surface area contributed by atoms with Crippen molar-refractivity contribution in [2.24, 2.45) is 0 Å². The van der Waals surface area contributed by atoms with Crippen LogP contribution in [0.5, 0.6) is 5.88 Å². The zero-order chi connectivity index (χ0) is 15.8. The van der Waals surface area contributed by atoms with Crippen molar-refractivity contribution >= 4 is 5.78 Å². The molecular weight excluding hydrogens is 269 g/mol. The van der Waals surface area contributed by atoms with E-state index >= 15 is 0 Å². The summed E-state index contributed by atoms with van der Waals surface area (Å²) in [7, 11) is 0. The maximum atomic E-state index is 12.8. The van der Waals surface area contributed by atoms with Gasteiger partial charge in [-0.3, -0.25) is 4.79 Å². The van der Waals surface area contributed by atoms with E-state index in [4.69, 9.17) is 4.74 Å². The van der Waals surface area contributed by atoms with Crippen LogP contribution < -0.4 is 4.74 Å². The smallest absolute Gasteiger partial charge is 0.213 e. The topological polar surface area (TPSA) is 39.2 Å². The molecule has 2 atom stereocenters. The van der Waals surface area contributed by atoms with Crippen molar-refractivity contribution in [3.8, 4) is 5.88 Å². The van der Waals surface area contributed by atoms with E-state index in [0.717, 1.165) is 24.1 Å². The van der Waals surface area contributed by atoms with Crippen LogP contribution in [0.3, 0.4) is 0 Å². The van der Waals surface area contributed by atoms with Crippen LogP contribution in [-0.2, 0) is 4.79 Å². The Kier molecular flexibility index (Phi) is 7.06. The van der Waals surface area contributed by atoms with Crippen molar-refractivity contribution in [2.75, 3.05) is 0 Å². The lowest BCUT2D eigenvalue weighted by molar-refractivity contribution is -0.118. The predicted molar refractivity (Wildman–Crippen MR) is 82.4 cm³/mol. The van der Waals surface area contributed by atoms with Crippen LogP contribution in [0.2, 0.25) is 0 Å². The number of carbonyl (C=O) groups excluding carboxylic acids is 1. The Labute approximate surface area is 126 Å². The highest BCUT2D eigenvalue weighted by atomic mass is 19.1. The molecule has 0 aromatic carbocycles. The summed E-state index contributed by atoms with van der Waals surface area (Å²) in [6.07, 6.45) is 3.87. The Morgan fingerprint density at radius 2 is 2.14 bits per heavy atom. The van der Waals surface area contributed by atoms with Gasteiger partial charge in [-0.1, -0.05) is 19.4 Å². The van der Waals surface area contributed by atoms with Crippen molar-refractivity contribution in [1.29, 1.82) is 0 Å². The van der Waals surface area contributed by atoms with Crippen LogP contribution in [0.15, 0.2) is 24.3 Å². The number of ether oxygens (including phenoxy) is 1. The molecule has 0 amide bonds. The number of hydrogen-bond donors (Lipinski definition) is 0. The molecule has 1 unspecified atom stereocenters. The number of rotatable bonds is 8. The van der Waals surface area contributed by atoms with E-state index in [1.807, 2.05) is 26.0 Å². The molecule has 0 radical (unpaired) electrons. The number of aromatic nitrogens is 1. The van der Waals surface area contributed by atoms with Gasteiger partial charge in [-0.25, -0.2) is 9.37 Å². The molecule has 0 bridgehead atoms. The van der Waals surface area contributed by atoms with E-state index < -0.39 is 12.0 Å². The molecule has 4 heteroatoms. The number of pyridine rings is 1. The van der Waals surface area contributed by atoms with Gasteiger partial charge < -0.3 is 4.74 Å². The molecule has 0 saturated carbocycles. The molecule has 0 aliphatic heterocycles. The summed E-state index contributed by atoms with van der Waals surface area (Å²) in [6, 6.07) is 3.89. The quantitative estimate of drug-likeness (QED) is 0.677. The second kappa shape index (κ2) is 8.55. The monoisotopic (exact) mass is 293 g/mol. The first-order valence-electron chi connectivity index (χ1n) is 7.38. The second-order valence-corrected chi connectivity index (χ2v) is 5.31. The summed E-state index contributed by atoms with van der Waals surface area (Å²) < 4.78 is 18.7. The van der Waals surface area contributed by atoms with E-state index in [1.165, 1.54) is 13.0 Å². The fourth-order valence-corrected chi connectivity index (χ4v) is 2.05. The van der Waals surface area contributed by atoms with Gasteiger partial charge in [0.1, 0.15) is 6.10 Å². The summed E-state index contributed by atoms with van der Waals surface area (Å²) >= 11 is 0. The molecule has 3 nitrogen and oxygen atoms in total. The highest BCUT2D eigenvalue weighted by molar-refractivity contribution is 5.93. The SMILES string of the molecule is CCC[C@H](C/C=C/C(=O)C(C)F)Oc1cc(C)cc(C)n1. The largest absolute Gasteiger partial charge is 0.474 e. The average Bonchev–Trinajstić information content (AvgIpc) is 2.37. The number of aryl methyl sites for hydroxylation is 2. The number of nitrogens with zero attached hydrogens (tertiary/aromatic N) is 1. The first-order chi connectivity index (χ1) is 9.92. The number of alkyl halides is 1. The van der Waals surface area contributed by atoms with Gasteiger partial charge in [-0.15, -0.1) is 0 Å². The summed E-state index contributed by atoms with van der Waals surface area (Å²) in [5.74, 6) is 0.0966. The van der Waals surface area contributed by atoms with Crippen molar-refractivity contribution in [3.05, 3.63) is 35.5 Å². The maximum absolute atomic E-state index is 12.8. The van der Waals surface area contributed by atoms with Crippen LogP contribution >= 0.6 is 0 Å². The van der Waals surface area contributed by atoms with Crippen molar-refractivity contribution < 1.29 is 13.9 Å². The first kappa shape index (κ1) is 17.3. The van der Waals surface area contributed by atoms with E-state index in [9.17, 15) is 9.18 Å². The molecule has 0 N–H and O–H groups in total. The summed E-state index contributed by atoms with van der Waals surface area (Å²) in [6.45, 7) is 7.24. The molecule has 0 fully saturated rings. The Balaban J connectivity index is 2.66. The van der Waals surface area contributed by atoms with E-state index in [0.29, 0.717) is 12.3 Å². The van der Waals surface area contributed by atoms with Crippen LogP contribution in [0.1, 0.15) is 44.4 Å². The van der Waals surface area contributed by atoms with Crippen LogP contribution in [0.25, 0.3) is 0 Å². The normalized spacial score (nSPS) is 14.1. The van der Waals surface area contributed by atoms with E-state index in [2.05, 4.69) is 11.9 Å². The van der Waals surface area contributed by atoms with Gasteiger partial charge in [0, 0.05) is 18.2 Å². The molecule has 1 rings (SSSR count). The summed E-state index contributed by atoms with van der Waals surface area (Å²) in [4.78, 5) is 15.6. The summed E-state index contributed by atoms with van der Waals surface area (Å²) in [5.41, 5.74) is 2.02. The Bertz CT molecular complexity index is 477. The van der Waals surface area contributed by atoms with Crippen LogP contribution in [-0.4, -0.2) is 23.0 Å². The Morgan fingerprint density at radius 1 is 1.43 bits per heavy atom. The third-order valence-electron chi connectivity index (χ3n) is 3.05. The molecule has 1 aromatic heterocycles. The fraction of sp³-hybridized carbons (Fsp3) is 0.529. The number of ketones is 1. The number of halogens is 1. The van der Waals surface area contributed by atoms with Gasteiger partial charge in [0.2, 0.25) is 5.88 Å². The lowest BCUT2D eigenvalue weighted by atomic mass is 10.1. The lowest BCUT2D eigenvalue weighted by Gasteiger charge is -2.17. The third-order valence-corrected chi connectivity index (χ3v) is 3.05. The van der Waals surface area contributed by atoms with Crippen molar-refractivity contribution in [1.82, 2.24) is 4.98 Å². The van der Waals surface area contributed by atoms with Crippen molar-refractivity contribution in [3.63, 3.8) is 0 Å². The molecule has 0 aliphatic rings. The Morgan fingerprint density at radius 3 is 2.71 bits per heavy atom. The Hall–Kier alpha value is -1.71. The molecule has 0 spiro atoms. The van der Waals surface area contributed by atoms with E-state index in [-0.39, 0.29) is 6.10 Å². The molecule has 0 saturated heterocycles. The van der Waals surface area contributed by atoms with Crippen LogP contribution in [0, 0.1) is 13.8 Å². The zero-order valence-corrected chi connectivity index (χ0v) is 13.2. The highest BCUT2D eigenvalue weighted by Gasteiger charge is 2.11. The lowest BCUT2D eigenvalue weighted by Crippen LogP contribution is -2.16. The second-order valence-electron chi connectivity index (χ2n) is 5.31. The van der Waals surface area contributed by atoms with Gasteiger partial charge in [0.25, 0.3) is 0 Å². The molecule has 0 aliphatic carbocycles. The van der Waals surface area contributed by atoms with Crippen molar-refractivity contribution in [2.45, 2.75) is 59.2 Å². The average molecular weight is 293 g/mol. The number of allylic oxidation sites excluding steroid dienone is 1. The molecular formula is C17H24FNO2. The van der Waals surface area contributed by atoms with Gasteiger partial charge in [-0.05, 0) is 44.9 Å². The maximum Gasteiger partial charge on any atom is 0.213 e. The molecule has 21 heavy (non-hydrogen) atoms. The molecule has 116 valence electrons. The van der Waals surface area contributed by atoms with Gasteiger partial charge >= 0.3 is 0 Å². The molecule has 1 heterocycles. The standard InChI is InChI=1S/C17H24FNO2/c1-5-7-15(8-6-9-16(20)14(4)18)21-17-11-12(2)10-13(3)19-17/h6,9-11,14-15H,5,7-8H2,1-4H3/b9-6+/t14?,15-/m1/s1. The fourth-order valence-electron chi connectivity index (χ4n) is 2.05. The number of carbonyl (C=O) groups is 1. The minimum Gasteiger partial charge on any atom is -0.474 e. The van der Waals surface area contributed by atoms with E-state index in [1.54, 1.807) is 6.08 Å². The van der Waals surface area contributed by atoms with Gasteiger partial charge in [-0.2, -0.15) is 0 Å². The van der Waals surface area contributed by atoms with Crippen LogP contribution in [0.4, 0.5) is 4.39 Å². The minimum atomic E-state index is -1.45. The number of hydrogen-bond acceptors (Lipinski definition) is 3. The predicted octanol–water partition coefficient (Wildman–Crippen LogP) is 4.12. The van der Waals surface area contributed by atoms with Gasteiger partial charge in [0.05, 0.1) is 0 Å². The molecule has 1 aromatic rings. The highest BCUT2D eigenvalue weighted by Crippen LogP contribution is 2.17. The minimum absolute atomic E-state index is 0.0531. The first-order valence-corrected chi connectivity index (χ1v) is 7.38. The summed E-state index contributed by atoms with van der Waals surface area (Å²) in [5, 5.41) is 0. The van der Waals surface area contributed by atoms with Gasteiger partial charge in [0.15, 0.2) is 12.0 Å².